The lowest BCUT2D eigenvalue weighted by molar-refractivity contribution is -0.118. The van der Waals surface area contributed by atoms with Crippen molar-refractivity contribution in [1.82, 2.24) is 14.9 Å². The van der Waals surface area contributed by atoms with E-state index in [1.54, 1.807) is 28.8 Å². The maximum absolute atomic E-state index is 14.6. The van der Waals surface area contributed by atoms with E-state index in [4.69, 9.17) is 9.47 Å². The number of nitrogens with zero attached hydrogens (tertiary/aromatic N) is 3. The summed E-state index contributed by atoms with van der Waals surface area (Å²) in [6.45, 7) is 1.21. The van der Waals surface area contributed by atoms with Gasteiger partial charge >= 0.3 is 6.09 Å². The predicted molar refractivity (Wildman–Crippen MR) is 124 cm³/mol. The molecule has 11 heteroatoms. The van der Waals surface area contributed by atoms with Gasteiger partial charge in [-0.25, -0.2) is 14.2 Å². The second-order valence-electron chi connectivity index (χ2n) is 8.80. The van der Waals surface area contributed by atoms with Crippen molar-refractivity contribution >= 4 is 34.5 Å². The number of fused-ring (bicyclic) bond motifs is 1. The highest BCUT2D eigenvalue weighted by molar-refractivity contribution is 5.95. The molecule has 3 aliphatic heterocycles. The number of hydrogen-bond acceptors (Lipinski definition) is 7. The SMILES string of the molecule is O=C1COc2ccc(N3C[C@H](CCCNC4Cn5c(=O)ccc6ccc(F)c4c65)OC3=O)nc2N1. The van der Waals surface area contributed by atoms with Crippen LogP contribution in [0.1, 0.15) is 24.4 Å². The number of rotatable bonds is 6. The van der Waals surface area contributed by atoms with Gasteiger partial charge in [0, 0.05) is 18.2 Å². The van der Waals surface area contributed by atoms with Crippen molar-refractivity contribution in [2.75, 3.05) is 29.9 Å². The first kappa shape index (κ1) is 21.5. The number of anilines is 2. The summed E-state index contributed by atoms with van der Waals surface area (Å²) in [6.07, 6.45) is 0.466. The largest absolute Gasteiger partial charge is 0.480 e. The standard InChI is InChI=1S/C24H22FN5O5/c25-15-5-3-13-4-8-20(32)30-11-16(21(15)22(13)30)26-9-1-2-14-10-29(24(33)35-14)18-7-6-17-23(27-18)28-19(31)12-34-17/h3-8,14,16,26H,1-2,9-12H2,(H,27,28,31)/t14-,16?/m0/s1. The van der Waals surface area contributed by atoms with Gasteiger partial charge in [-0.2, -0.15) is 0 Å². The van der Waals surface area contributed by atoms with Gasteiger partial charge < -0.3 is 24.7 Å². The van der Waals surface area contributed by atoms with Crippen molar-refractivity contribution in [3.05, 3.63) is 58.1 Å². The Morgan fingerprint density at radius 3 is 2.86 bits per heavy atom. The molecule has 5 heterocycles. The molecule has 1 fully saturated rings. The van der Waals surface area contributed by atoms with E-state index >= 15 is 0 Å². The van der Waals surface area contributed by atoms with E-state index in [-0.39, 0.29) is 41.9 Å². The van der Waals surface area contributed by atoms with Crippen molar-refractivity contribution < 1.29 is 23.5 Å². The summed E-state index contributed by atoms with van der Waals surface area (Å²) < 4.78 is 27.0. The summed E-state index contributed by atoms with van der Waals surface area (Å²) in [5.74, 6) is 0.470. The van der Waals surface area contributed by atoms with Crippen LogP contribution in [0.3, 0.4) is 0 Å². The second-order valence-corrected chi connectivity index (χ2v) is 8.80. The van der Waals surface area contributed by atoms with Crippen molar-refractivity contribution in [3.8, 4) is 5.75 Å². The number of amides is 2. The average molecular weight is 479 g/mol. The van der Waals surface area contributed by atoms with Gasteiger partial charge in [0.1, 0.15) is 17.7 Å². The van der Waals surface area contributed by atoms with Gasteiger partial charge in [-0.1, -0.05) is 0 Å². The third kappa shape index (κ3) is 3.77. The van der Waals surface area contributed by atoms with E-state index in [1.165, 1.54) is 17.0 Å². The van der Waals surface area contributed by atoms with E-state index in [0.717, 1.165) is 5.39 Å². The molecule has 6 rings (SSSR count). The molecular weight excluding hydrogens is 457 g/mol. The Labute approximate surface area is 198 Å². The summed E-state index contributed by atoms with van der Waals surface area (Å²) in [6, 6.07) is 9.36. The first-order chi connectivity index (χ1) is 17.0. The van der Waals surface area contributed by atoms with Crippen LogP contribution in [-0.4, -0.2) is 47.4 Å². The van der Waals surface area contributed by atoms with Gasteiger partial charge in [0.25, 0.3) is 11.5 Å². The van der Waals surface area contributed by atoms with E-state index in [0.29, 0.717) is 55.1 Å². The highest BCUT2D eigenvalue weighted by Gasteiger charge is 2.34. The zero-order valence-electron chi connectivity index (χ0n) is 18.6. The van der Waals surface area contributed by atoms with Crippen LogP contribution < -0.4 is 25.8 Å². The molecular formula is C24H22FN5O5. The quantitative estimate of drug-likeness (QED) is 0.522. The Morgan fingerprint density at radius 2 is 1.97 bits per heavy atom. The fourth-order valence-electron chi connectivity index (χ4n) is 4.92. The van der Waals surface area contributed by atoms with Gasteiger partial charge in [-0.3, -0.25) is 14.5 Å². The number of pyridine rings is 2. The Balaban J connectivity index is 1.06. The fourth-order valence-corrected chi connectivity index (χ4v) is 4.92. The van der Waals surface area contributed by atoms with Gasteiger partial charge in [0.15, 0.2) is 18.2 Å². The maximum Gasteiger partial charge on any atom is 0.415 e. The van der Waals surface area contributed by atoms with E-state index in [9.17, 15) is 18.8 Å². The van der Waals surface area contributed by atoms with Crippen LogP contribution in [0.25, 0.3) is 10.9 Å². The predicted octanol–water partition coefficient (Wildman–Crippen LogP) is 2.32. The van der Waals surface area contributed by atoms with Crippen molar-refractivity contribution in [2.24, 2.45) is 0 Å². The van der Waals surface area contributed by atoms with Crippen LogP contribution in [0.2, 0.25) is 0 Å². The third-order valence-electron chi connectivity index (χ3n) is 6.55. The minimum Gasteiger partial charge on any atom is -0.480 e. The monoisotopic (exact) mass is 479 g/mol. The molecule has 3 aliphatic rings. The topological polar surface area (TPSA) is 115 Å². The number of benzene rings is 1. The van der Waals surface area contributed by atoms with Crippen LogP contribution in [0.15, 0.2) is 41.2 Å². The molecule has 2 atom stereocenters. The maximum atomic E-state index is 14.6. The normalized spacial score (nSPS) is 20.5. The summed E-state index contributed by atoms with van der Waals surface area (Å²) in [7, 11) is 0. The molecule has 10 nitrogen and oxygen atoms in total. The first-order valence-corrected chi connectivity index (χ1v) is 11.4. The number of carbonyl (C=O) groups excluding carboxylic acids is 2. The summed E-state index contributed by atoms with van der Waals surface area (Å²) in [4.78, 5) is 42.0. The number of halogens is 1. The molecule has 1 saturated heterocycles. The number of aromatic nitrogens is 2. The van der Waals surface area contributed by atoms with Crippen molar-refractivity contribution in [3.63, 3.8) is 0 Å². The first-order valence-electron chi connectivity index (χ1n) is 11.4. The number of nitrogens with one attached hydrogen (secondary N) is 2. The Hall–Kier alpha value is -3.99. The Bertz CT molecular complexity index is 1420. The van der Waals surface area contributed by atoms with Crippen molar-refractivity contribution in [2.45, 2.75) is 31.5 Å². The molecule has 2 N–H and O–H groups in total. The molecule has 0 spiro atoms. The molecule has 35 heavy (non-hydrogen) atoms. The Kier molecular flexibility index (Phi) is 5.14. The van der Waals surface area contributed by atoms with Gasteiger partial charge in [0.2, 0.25) is 0 Å². The summed E-state index contributed by atoms with van der Waals surface area (Å²) >= 11 is 0. The van der Waals surface area contributed by atoms with Crippen molar-refractivity contribution in [1.29, 1.82) is 0 Å². The number of ether oxygens (including phenoxy) is 2. The molecule has 0 aliphatic carbocycles. The zero-order valence-corrected chi connectivity index (χ0v) is 18.6. The Morgan fingerprint density at radius 1 is 1.11 bits per heavy atom. The number of cyclic esters (lactones) is 1. The molecule has 3 aromatic rings. The van der Waals surface area contributed by atoms with E-state index < -0.39 is 6.09 Å². The van der Waals surface area contributed by atoms with E-state index in [1.807, 2.05) is 0 Å². The molecule has 0 bridgehead atoms. The van der Waals surface area contributed by atoms with Gasteiger partial charge in [0.05, 0.1) is 18.1 Å². The second kappa shape index (κ2) is 8.35. The molecule has 180 valence electrons. The van der Waals surface area contributed by atoms with Crippen LogP contribution in [0.5, 0.6) is 5.75 Å². The highest BCUT2D eigenvalue weighted by Crippen LogP contribution is 2.33. The van der Waals surface area contributed by atoms with E-state index in [2.05, 4.69) is 15.6 Å². The minimum atomic E-state index is -0.502. The number of hydrogen-bond donors (Lipinski definition) is 2. The molecule has 0 radical (unpaired) electrons. The molecule has 2 amide bonds. The zero-order chi connectivity index (χ0) is 24.1. The van der Waals surface area contributed by atoms with Gasteiger partial charge in [-0.05, 0) is 55.1 Å². The van der Waals surface area contributed by atoms with Gasteiger partial charge in [-0.15, -0.1) is 0 Å². The number of carbonyl (C=O) groups is 2. The van der Waals surface area contributed by atoms with Crippen LogP contribution in [0.4, 0.5) is 20.8 Å². The molecule has 1 unspecified atom stereocenters. The average Bonchev–Trinajstić information content (AvgIpc) is 3.42. The lowest BCUT2D eigenvalue weighted by Crippen LogP contribution is -2.29. The van der Waals surface area contributed by atoms with Crippen LogP contribution in [-0.2, 0) is 16.1 Å². The summed E-state index contributed by atoms with van der Waals surface area (Å²) in [5, 5.41) is 6.82. The minimum absolute atomic E-state index is 0.0681. The fraction of sp³-hybridized carbons (Fsp3) is 0.333. The molecule has 0 saturated carbocycles. The smallest absolute Gasteiger partial charge is 0.415 e. The summed E-state index contributed by atoms with van der Waals surface area (Å²) in [5.41, 5.74) is 1.02. The third-order valence-corrected chi connectivity index (χ3v) is 6.55. The lowest BCUT2D eigenvalue weighted by atomic mass is 10.1. The molecule has 2 aromatic heterocycles. The lowest BCUT2D eigenvalue weighted by Gasteiger charge is -2.19. The highest BCUT2D eigenvalue weighted by atomic mass is 19.1. The van der Waals surface area contributed by atoms with Crippen LogP contribution >= 0.6 is 0 Å². The van der Waals surface area contributed by atoms with Crippen LogP contribution in [0, 0.1) is 5.82 Å². The molecule has 1 aromatic carbocycles.